The molecule has 0 unspecified atom stereocenters. The summed E-state index contributed by atoms with van der Waals surface area (Å²) >= 11 is 0. The summed E-state index contributed by atoms with van der Waals surface area (Å²) in [6.45, 7) is 6.10. The SMILES string of the molecule is CCN(CC)c1ccc(NC(=O)c2ccc(Nc3ccc(F)cc3)nc2)cc1. The molecule has 6 heteroatoms. The van der Waals surface area contributed by atoms with Gasteiger partial charge in [0.15, 0.2) is 0 Å². The third-order valence-electron chi connectivity index (χ3n) is 4.40. The summed E-state index contributed by atoms with van der Waals surface area (Å²) in [7, 11) is 0. The first-order valence-electron chi connectivity index (χ1n) is 9.24. The fraction of sp³-hybridized carbons (Fsp3) is 0.182. The van der Waals surface area contributed by atoms with Crippen molar-refractivity contribution in [3.05, 3.63) is 78.2 Å². The molecule has 0 bridgehead atoms. The number of nitrogens with one attached hydrogen (secondary N) is 2. The minimum Gasteiger partial charge on any atom is -0.372 e. The average molecular weight is 378 g/mol. The van der Waals surface area contributed by atoms with E-state index in [1.165, 1.54) is 18.3 Å². The van der Waals surface area contributed by atoms with Crippen LogP contribution in [0.2, 0.25) is 0 Å². The molecular weight excluding hydrogens is 355 g/mol. The van der Waals surface area contributed by atoms with Crippen LogP contribution in [0, 0.1) is 5.82 Å². The zero-order valence-corrected chi connectivity index (χ0v) is 15.9. The van der Waals surface area contributed by atoms with Gasteiger partial charge < -0.3 is 15.5 Å². The first-order chi connectivity index (χ1) is 13.6. The number of hydrogen-bond donors (Lipinski definition) is 2. The minimum absolute atomic E-state index is 0.226. The van der Waals surface area contributed by atoms with Gasteiger partial charge in [-0.05, 0) is 74.5 Å². The summed E-state index contributed by atoms with van der Waals surface area (Å²) < 4.78 is 13.0. The molecule has 0 aliphatic carbocycles. The number of rotatable bonds is 7. The number of nitrogens with zero attached hydrogens (tertiary/aromatic N) is 2. The fourth-order valence-electron chi connectivity index (χ4n) is 2.83. The molecule has 144 valence electrons. The molecule has 1 aromatic heterocycles. The van der Waals surface area contributed by atoms with E-state index in [9.17, 15) is 9.18 Å². The van der Waals surface area contributed by atoms with Crippen molar-refractivity contribution in [2.24, 2.45) is 0 Å². The van der Waals surface area contributed by atoms with Gasteiger partial charge in [0.25, 0.3) is 5.91 Å². The molecular formula is C22H23FN4O. The third-order valence-corrected chi connectivity index (χ3v) is 4.40. The second-order valence-electron chi connectivity index (χ2n) is 6.24. The van der Waals surface area contributed by atoms with Crippen molar-refractivity contribution < 1.29 is 9.18 Å². The van der Waals surface area contributed by atoms with Gasteiger partial charge in [0.2, 0.25) is 0 Å². The normalized spacial score (nSPS) is 10.4. The molecule has 0 aliphatic heterocycles. The molecule has 1 amide bonds. The molecule has 0 atom stereocenters. The van der Waals surface area contributed by atoms with Gasteiger partial charge in [-0.2, -0.15) is 0 Å². The van der Waals surface area contributed by atoms with Crippen molar-refractivity contribution in [2.45, 2.75) is 13.8 Å². The molecule has 1 heterocycles. The molecule has 0 saturated heterocycles. The Hall–Kier alpha value is -3.41. The van der Waals surface area contributed by atoms with Gasteiger partial charge in [-0.1, -0.05) is 0 Å². The Morgan fingerprint density at radius 2 is 1.57 bits per heavy atom. The molecule has 3 aromatic rings. The Bertz CT molecular complexity index is 905. The molecule has 2 aromatic carbocycles. The highest BCUT2D eigenvalue weighted by atomic mass is 19.1. The lowest BCUT2D eigenvalue weighted by molar-refractivity contribution is 0.102. The Labute approximate surface area is 164 Å². The summed E-state index contributed by atoms with van der Waals surface area (Å²) in [5.41, 5.74) is 3.03. The number of amides is 1. The van der Waals surface area contributed by atoms with Crippen LogP contribution in [0.15, 0.2) is 66.9 Å². The molecule has 0 spiro atoms. The van der Waals surface area contributed by atoms with Gasteiger partial charge in [-0.3, -0.25) is 4.79 Å². The highest BCUT2D eigenvalue weighted by molar-refractivity contribution is 6.04. The summed E-state index contributed by atoms with van der Waals surface area (Å²) in [6.07, 6.45) is 1.51. The predicted octanol–water partition coefficient (Wildman–Crippen LogP) is 5.06. The van der Waals surface area contributed by atoms with Gasteiger partial charge in [-0.25, -0.2) is 9.37 Å². The molecule has 0 aliphatic rings. The van der Waals surface area contributed by atoms with Gasteiger partial charge in [0.1, 0.15) is 11.6 Å². The summed E-state index contributed by atoms with van der Waals surface area (Å²) in [6, 6.07) is 17.2. The maximum absolute atomic E-state index is 13.0. The third kappa shape index (κ3) is 4.85. The van der Waals surface area contributed by atoms with Crippen molar-refractivity contribution in [3.8, 4) is 0 Å². The number of anilines is 4. The second kappa shape index (κ2) is 8.99. The average Bonchev–Trinajstić information content (AvgIpc) is 2.72. The van der Waals surface area contributed by atoms with Crippen LogP contribution < -0.4 is 15.5 Å². The topological polar surface area (TPSA) is 57.3 Å². The number of benzene rings is 2. The van der Waals surface area contributed by atoms with E-state index in [0.29, 0.717) is 11.4 Å². The maximum atomic E-state index is 13.0. The smallest absolute Gasteiger partial charge is 0.257 e. The van der Waals surface area contributed by atoms with Crippen LogP contribution in [0.25, 0.3) is 0 Å². The van der Waals surface area contributed by atoms with E-state index in [4.69, 9.17) is 0 Å². The van der Waals surface area contributed by atoms with E-state index in [1.807, 2.05) is 24.3 Å². The molecule has 0 fully saturated rings. The number of carbonyl (C=O) groups excluding carboxylic acids is 1. The van der Waals surface area contributed by atoms with Gasteiger partial charge >= 0.3 is 0 Å². The van der Waals surface area contributed by atoms with Crippen LogP contribution in [-0.2, 0) is 0 Å². The molecule has 5 nitrogen and oxygen atoms in total. The number of halogens is 1. The monoisotopic (exact) mass is 378 g/mol. The lowest BCUT2D eigenvalue weighted by Gasteiger charge is -2.21. The summed E-state index contributed by atoms with van der Waals surface area (Å²) in [4.78, 5) is 18.9. The highest BCUT2D eigenvalue weighted by Crippen LogP contribution is 2.19. The van der Waals surface area contributed by atoms with Gasteiger partial charge in [0, 0.05) is 36.3 Å². The quantitative estimate of drug-likeness (QED) is 0.603. The Balaban J connectivity index is 1.62. The van der Waals surface area contributed by atoms with Crippen molar-refractivity contribution in [1.29, 1.82) is 0 Å². The number of hydrogen-bond acceptors (Lipinski definition) is 4. The Morgan fingerprint density at radius 3 is 2.14 bits per heavy atom. The summed E-state index contributed by atoms with van der Waals surface area (Å²) in [5, 5.41) is 5.94. The summed E-state index contributed by atoms with van der Waals surface area (Å²) in [5.74, 6) is 0.0545. The predicted molar refractivity (Wildman–Crippen MR) is 112 cm³/mol. The lowest BCUT2D eigenvalue weighted by atomic mass is 10.2. The van der Waals surface area contributed by atoms with E-state index in [-0.39, 0.29) is 11.7 Å². The first-order valence-corrected chi connectivity index (χ1v) is 9.24. The minimum atomic E-state index is -0.296. The van der Waals surface area contributed by atoms with Crippen LogP contribution >= 0.6 is 0 Å². The largest absolute Gasteiger partial charge is 0.372 e. The van der Waals surface area contributed by atoms with Crippen molar-refractivity contribution >= 4 is 28.8 Å². The zero-order valence-electron chi connectivity index (χ0n) is 15.9. The van der Waals surface area contributed by atoms with Crippen LogP contribution in [0.4, 0.5) is 27.3 Å². The molecule has 0 saturated carbocycles. The molecule has 28 heavy (non-hydrogen) atoms. The number of pyridine rings is 1. The highest BCUT2D eigenvalue weighted by Gasteiger charge is 2.08. The van der Waals surface area contributed by atoms with E-state index in [0.717, 1.165) is 30.2 Å². The zero-order chi connectivity index (χ0) is 19.9. The van der Waals surface area contributed by atoms with Crippen LogP contribution in [0.1, 0.15) is 24.2 Å². The van der Waals surface area contributed by atoms with Gasteiger partial charge in [0.05, 0.1) is 5.56 Å². The second-order valence-corrected chi connectivity index (χ2v) is 6.24. The van der Waals surface area contributed by atoms with Gasteiger partial charge in [-0.15, -0.1) is 0 Å². The van der Waals surface area contributed by atoms with Crippen molar-refractivity contribution in [1.82, 2.24) is 4.98 Å². The fourth-order valence-corrected chi connectivity index (χ4v) is 2.83. The Morgan fingerprint density at radius 1 is 0.929 bits per heavy atom. The maximum Gasteiger partial charge on any atom is 0.257 e. The number of aromatic nitrogens is 1. The van der Waals surface area contributed by atoms with E-state index in [2.05, 4.69) is 34.4 Å². The van der Waals surface area contributed by atoms with E-state index < -0.39 is 0 Å². The van der Waals surface area contributed by atoms with E-state index in [1.54, 1.807) is 24.3 Å². The van der Waals surface area contributed by atoms with Crippen LogP contribution in [0.3, 0.4) is 0 Å². The van der Waals surface area contributed by atoms with Crippen LogP contribution in [0.5, 0.6) is 0 Å². The molecule has 0 radical (unpaired) electrons. The lowest BCUT2D eigenvalue weighted by Crippen LogP contribution is -2.21. The van der Waals surface area contributed by atoms with Crippen molar-refractivity contribution in [3.63, 3.8) is 0 Å². The van der Waals surface area contributed by atoms with E-state index >= 15 is 0 Å². The van der Waals surface area contributed by atoms with Crippen molar-refractivity contribution in [2.75, 3.05) is 28.6 Å². The number of carbonyl (C=O) groups is 1. The Kier molecular flexibility index (Phi) is 6.22. The standard InChI is InChI=1S/C22H23FN4O/c1-3-27(4-2)20-12-10-19(11-13-20)26-22(28)16-5-14-21(24-15-16)25-18-8-6-17(23)7-9-18/h5-15H,3-4H2,1-2H3,(H,24,25)(H,26,28). The van der Waals surface area contributed by atoms with Crippen LogP contribution in [-0.4, -0.2) is 24.0 Å². The molecule has 2 N–H and O–H groups in total. The molecule has 3 rings (SSSR count). The first kappa shape index (κ1) is 19.4.